The van der Waals surface area contributed by atoms with Crippen molar-refractivity contribution < 1.29 is 42.1 Å². The van der Waals surface area contributed by atoms with E-state index in [1.165, 1.54) is 13.2 Å². The highest BCUT2D eigenvalue weighted by molar-refractivity contribution is 6.12. The first-order valence-corrected chi connectivity index (χ1v) is 10.3. The Morgan fingerprint density at radius 3 is 2.39 bits per heavy atom. The lowest BCUT2D eigenvalue weighted by Crippen LogP contribution is -2.29. The lowest BCUT2D eigenvalue weighted by molar-refractivity contribution is -0.242. The summed E-state index contributed by atoms with van der Waals surface area (Å²) in [5.41, 5.74) is 1.27. The van der Waals surface area contributed by atoms with Crippen molar-refractivity contribution in [1.82, 2.24) is 4.98 Å². The van der Waals surface area contributed by atoms with Gasteiger partial charge < -0.3 is 30.0 Å². The average molecular weight is 502 g/mol. The van der Waals surface area contributed by atoms with Gasteiger partial charge in [-0.15, -0.1) is 0 Å². The van der Waals surface area contributed by atoms with Crippen LogP contribution in [0.15, 0.2) is 60.8 Å². The predicted molar refractivity (Wildman–Crippen MR) is 121 cm³/mol. The second kappa shape index (κ2) is 11.2. The van der Waals surface area contributed by atoms with Gasteiger partial charge in [0, 0.05) is 29.5 Å². The fourth-order valence-corrected chi connectivity index (χ4v) is 3.09. The van der Waals surface area contributed by atoms with Gasteiger partial charge in [-0.25, -0.2) is 4.98 Å². The number of amides is 2. The Bertz CT molecular complexity index is 1260. The number of nitrogens with one attached hydrogen (secondary N) is 2. The number of pyridine rings is 1. The Kier molecular flexibility index (Phi) is 8.10. The summed E-state index contributed by atoms with van der Waals surface area (Å²) >= 11 is 0. The molecule has 3 aromatic rings. The van der Waals surface area contributed by atoms with E-state index in [-0.39, 0.29) is 22.7 Å². The zero-order chi connectivity index (χ0) is 26.3. The van der Waals surface area contributed by atoms with Gasteiger partial charge in [-0.05, 0) is 29.8 Å². The number of halogens is 3. The molecule has 0 unspecified atom stereocenters. The van der Waals surface area contributed by atoms with Gasteiger partial charge in [0.15, 0.2) is 12.4 Å². The number of nitrogens with zero attached hydrogens (tertiary/aromatic N) is 1. The van der Waals surface area contributed by atoms with Crippen molar-refractivity contribution in [2.45, 2.75) is 12.6 Å². The van der Waals surface area contributed by atoms with Crippen LogP contribution in [0, 0.1) is 0 Å². The molecule has 0 atom stereocenters. The second-order valence-electron chi connectivity index (χ2n) is 7.34. The molecule has 0 radical (unpaired) electrons. The van der Waals surface area contributed by atoms with Gasteiger partial charge in [-0.2, -0.15) is 13.2 Å². The van der Waals surface area contributed by atoms with Crippen molar-refractivity contribution >= 4 is 29.2 Å². The van der Waals surface area contributed by atoms with Gasteiger partial charge in [0.05, 0.1) is 24.9 Å². The molecule has 9 nitrogen and oxygen atoms in total. The molecular formula is C24H19F3N3O6-. The average Bonchev–Trinajstić information content (AvgIpc) is 2.83. The molecule has 0 saturated carbocycles. The van der Waals surface area contributed by atoms with Crippen LogP contribution in [0.25, 0.3) is 11.1 Å². The summed E-state index contributed by atoms with van der Waals surface area (Å²) in [6.07, 6.45) is -5.37. The van der Waals surface area contributed by atoms with Crippen LogP contribution >= 0.6 is 0 Å². The summed E-state index contributed by atoms with van der Waals surface area (Å²) in [5, 5.41) is 15.2. The van der Waals surface area contributed by atoms with Gasteiger partial charge in [-0.1, -0.05) is 18.2 Å². The predicted octanol–water partition coefficient (Wildman–Crippen LogP) is 3.67. The summed E-state index contributed by atoms with van der Waals surface area (Å²) in [7, 11) is 1.49. The molecule has 12 heteroatoms. The van der Waals surface area contributed by atoms with Crippen molar-refractivity contribution in [1.29, 1.82) is 0 Å². The number of aromatic nitrogens is 1. The maximum Gasteiger partial charge on any atom is 0.422 e. The Morgan fingerprint density at radius 1 is 0.972 bits per heavy atom. The van der Waals surface area contributed by atoms with Crippen LogP contribution in [-0.4, -0.2) is 42.7 Å². The Hall–Kier alpha value is -4.61. The maximum atomic E-state index is 12.7. The molecule has 0 saturated heterocycles. The van der Waals surface area contributed by atoms with Crippen molar-refractivity contribution in [3.05, 3.63) is 66.4 Å². The van der Waals surface area contributed by atoms with E-state index in [9.17, 15) is 32.7 Å². The van der Waals surface area contributed by atoms with E-state index in [0.717, 1.165) is 23.8 Å². The zero-order valence-corrected chi connectivity index (χ0v) is 18.7. The van der Waals surface area contributed by atoms with E-state index < -0.39 is 37.0 Å². The van der Waals surface area contributed by atoms with Crippen LogP contribution in [-0.2, 0) is 4.79 Å². The van der Waals surface area contributed by atoms with Gasteiger partial charge in [-0.3, -0.25) is 9.59 Å². The molecule has 188 valence electrons. The van der Waals surface area contributed by atoms with Gasteiger partial charge in [0.25, 0.3) is 0 Å². The van der Waals surface area contributed by atoms with E-state index in [2.05, 4.69) is 15.0 Å². The summed E-state index contributed by atoms with van der Waals surface area (Å²) in [6.45, 7) is -1.59. The number of methoxy groups -OCH3 is 1. The minimum absolute atomic E-state index is 0.102. The smallest absolute Gasteiger partial charge is 0.422 e. The number of rotatable bonds is 9. The molecule has 2 N–H and O–H groups in total. The van der Waals surface area contributed by atoms with Crippen LogP contribution in [0.4, 0.5) is 29.3 Å². The topological polar surface area (TPSA) is 130 Å². The standard InChI is InChI=1S/C24H20F3N3O6/c1-35-22-8-5-16(12-28-22)14-3-2-4-15(9-14)20(31)11-21(32)29-18-7-6-17(36-13-24(25,26)27)10-19(18)30-23(33)34/h2-10,12,30H,11,13H2,1H3,(H,29,32)(H,33,34)/p-1. The van der Waals surface area contributed by atoms with Crippen molar-refractivity contribution in [3.8, 4) is 22.8 Å². The number of anilines is 2. The summed E-state index contributed by atoms with van der Waals surface area (Å²) in [5.74, 6) is -1.16. The van der Waals surface area contributed by atoms with Gasteiger partial charge in [0.2, 0.25) is 11.8 Å². The lowest BCUT2D eigenvalue weighted by atomic mass is 10.0. The molecule has 0 spiro atoms. The quantitative estimate of drug-likeness (QED) is 0.337. The largest absolute Gasteiger partial charge is 0.530 e. The number of Topliss-reactive ketones (excluding diaryl/α,β-unsaturated/α-hetero) is 1. The first-order valence-electron chi connectivity index (χ1n) is 10.3. The highest BCUT2D eigenvalue weighted by Gasteiger charge is 2.28. The molecule has 1 heterocycles. The van der Waals surface area contributed by atoms with Crippen molar-refractivity contribution in [2.75, 3.05) is 24.4 Å². The SMILES string of the molecule is COc1ccc(-c2cccc(C(=O)CC(=O)Nc3ccc(OCC(F)(F)F)cc3NC(=O)[O-])c2)cn1. The highest BCUT2D eigenvalue weighted by Crippen LogP contribution is 2.29. The van der Waals surface area contributed by atoms with E-state index in [1.54, 1.807) is 36.5 Å². The maximum absolute atomic E-state index is 12.7. The number of carboxylic acid groups (broad SMARTS) is 1. The van der Waals surface area contributed by atoms with Crippen molar-refractivity contribution in [2.24, 2.45) is 0 Å². The fourth-order valence-electron chi connectivity index (χ4n) is 3.09. The van der Waals surface area contributed by atoms with Crippen LogP contribution in [0.3, 0.4) is 0 Å². The summed E-state index contributed by atoms with van der Waals surface area (Å²) in [6, 6.07) is 13.1. The van der Waals surface area contributed by atoms with Crippen LogP contribution in [0.1, 0.15) is 16.8 Å². The molecule has 2 amide bonds. The lowest BCUT2D eigenvalue weighted by Gasteiger charge is -2.16. The van der Waals surface area contributed by atoms with Crippen LogP contribution in [0.5, 0.6) is 11.6 Å². The highest BCUT2D eigenvalue weighted by atomic mass is 19.4. The normalized spacial score (nSPS) is 10.9. The van der Waals surface area contributed by atoms with Crippen LogP contribution < -0.4 is 25.2 Å². The molecule has 0 aliphatic carbocycles. The zero-order valence-electron chi connectivity index (χ0n) is 18.7. The molecule has 0 aliphatic heterocycles. The third-order valence-corrected chi connectivity index (χ3v) is 4.69. The third-order valence-electron chi connectivity index (χ3n) is 4.69. The molecular weight excluding hydrogens is 483 g/mol. The molecule has 0 aliphatic rings. The number of hydrogen-bond acceptors (Lipinski definition) is 7. The molecule has 36 heavy (non-hydrogen) atoms. The third kappa shape index (κ3) is 7.45. The number of ketones is 1. The number of hydrogen-bond donors (Lipinski definition) is 2. The van der Waals surface area contributed by atoms with Crippen LogP contribution in [0.2, 0.25) is 0 Å². The Balaban J connectivity index is 1.71. The van der Waals surface area contributed by atoms with E-state index >= 15 is 0 Å². The number of carbonyl (C=O) groups is 3. The number of alkyl halides is 3. The van der Waals surface area contributed by atoms with Gasteiger partial charge >= 0.3 is 6.18 Å². The summed E-state index contributed by atoms with van der Waals surface area (Å²) in [4.78, 5) is 40.2. The minimum atomic E-state index is -4.60. The minimum Gasteiger partial charge on any atom is -0.530 e. The Morgan fingerprint density at radius 2 is 1.75 bits per heavy atom. The Labute approximate surface area is 202 Å². The first kappa shape index (κ1) is 26.0. The number of carbonyl (C=O) groups excluding carboxylic acids is 3. The second-order valence-corrected chi connectivity index (χ2v) is 7.34. The van der Waals surface area contributed by atoms with E-state index in [1.807, 2.05) is 5.32 Å². The monoisotopic (exact) mass is 502 g/mol. The fraction of sp³-hybridized carbons (Fsp3) is 0.167. The van der Waals surface area contributed by atoms with E-state index in [4.69, 9.17) is 4.74 Å². The molecule has 0 fully saturated rings. The summed E-state index contributed by atoms with van der Waals surface area (Å²) < 4.78 is 46.7. The molecule has 0 bridgehead atoms. The molecule has 3 rings (SSSR count). The van der Waals surface area contributed by atoms with E-state index in [0.29, 0.717) is 11.4 Å². The molecule has 1 aromatic heterocycles. The number of benzene rings is 2. The van der Waals surface area contributed by atoms with Crippen molar-refractivity contribution in [3.63, 3.8) is 0 Å². The molecule has 2 aromatic carbocycles. The van der Waals surface area contributed by atoms with Gasteiger partial charge in [0.1, 0.15) is 11.8 Å². The number of ether oxygens (including phenoxy) is 2. The first-order chi connectivity index (χ1) is 17.0.